The molecular weight excluding hydrogens is 222 g/mol. The minimum Gasteiger partial charge on any atom is -0.351 e. The highest BCUT2D eigenvalue weighted by Crippen LogP contribution is 2.15. The van der Waals surface area contributed by atoms with Crippen molar-refractivity contribution in [2.75, 3.05) is 12.0 Å². The van der Waals surface area contributed by atoms with Gasteiger partial charge in [-0.3, -0.25) is 4.79 Å². The molecule has 0 aromatic carbocycles. The maximum Gasteiger partial charge on any atom is 0.230 e. The van der Waals surface area contributed by atoms with Gasteiger partial charge >= 0.3 is 0 Å². The molecule has 1 N–H and O–H groups in total. The third-order valence-corrected chi connectivity index (χ3v) is 3.30. The van der Waals surface area contributed by atoms with Crippen LogP contribution >= 0.6 is 11.8 Å². The lowest BCUT2D eigenvalue weighted by Crippen LogP contribution is -2.41. The summed E-state index contributed by atoms with van der Waals surface area (Å²) >= 11 is 1.56. The van der Waals surface area contributed by atoms with Gasteiger partial charge in [-0.15, -0.1) is 0 Å². The van der Waals surface area contributed by atoms with Gasteiger partial charge < -0.3 is 9.88 Å². The maximum atomic E-state index is 11.5. The first kappa shape index (κ1) is 11.5. The lowest BCUT2D eigenvalue weighted by atomic mass is 10.1. The zero-order chi connectivity index (χ0) is 11.5. The molecule has 1 atom stereocenters. The molecular formula is C11H17N3OS. The fourth-order valence-electron chi connectivity index (χ4n) is 2.10. The molecule has 1 aromatic rings. The van der Waals surface area contributed by atoms with E-state index in [0.717, 1.165) is 30.9 Å². The lowest BCUT2D eigenvalue weighted by Gasteiger charge is -2.24. The normalized spacial score (nSPS) is 19.2. The van der Waals surface area contributed by atoms with Gasteiger partial charge in [0, 0.05) is 25.2 Å². The van der Waals surface area contributed by atoms with Crippen LogP contribution in [0.15, 0.2) is 6.20 Å². The largest absolute Gasteiger partial charge is 0.351 e. The molecule has 1 aliphatic heterocycles. The smallest absolute Gasteiger partial charge is 0.230 e. The molecule has 1 aliphatic rings. The first-order valence-electron chi connectivity index (χ1n) is 5.50. The second kappa shape index (κ2) is 4.91. The highest BCUT2D eigenvalue weighted by Gasteiger charge is 2.20. The van der Waals surface area contributed by atoms with E-state index in [-0.39, 0.29) is 11.9 Å². The van der Waals surface area contributed by atoms with E-state index >= 15 is 0 Å². The lowest BCUT2D eigenvalue weighted by molar-refractivity contribution is -0.119. The highest BCUT2D eigenvalue weighted by atomic mass is 32.2. The number of hydrogen-bond donors (Lipinski definition) is 1. The average molecular weight is 239 g/mol. The summed E-state index contributed by atoms with van der Waals surface area (Å²) in [4.78, 5) is 15.9. The van der Waals surface area contributed by atoms with Gasteiger partial charge in [0.2, 0.25) is 5.91 Å². The van der Waals surface area contributed by atoms with E-state index in [0.29, 0.717) is 5.75 Å². The quantitative estimate of drug-likeness (QED) is 0.855. The average Bonchev–Trinajstić information content (AvgIpc) is 2.57. The van der Waals surface area contributed by atoms with E-state index in [4.69, 9.17) is 0 Å². The van der Waals surface area contributed by atoms with Gasteiger partial charge in [-0.2, -0.15) is 11.8 Å². The molecule has 0 radical (unpaired) electrons. The van der Waals surface area contributed by atoms with E-state index in [1.165, 1.54) is 0 Å². The van der Waals surface area contributed by atoms with Crippen LogP contribution in [-0.4, -0.2) is 33.5 Å². The van der Waals surface area contributed by atoms with Crippen LogP contribution in [0.4, 0.5) is 0 Å². The molecule has 2 rings (SSSR count). The Hall–Kier alpha value is -0.970. The zero-order valence-corrected chi connectivity index (χ0v) is 10.5. The Morgan fingerprint density at radius 3 is 3.31 bits per heavy atom. The summed E-state index contributed by atoms with van der Waals surface area (Å²) in [5.74, 6) is 1.83. The number of nitrogens with one attached hydrogen (secondary N) is 1. The topological polar surface area (TPSA) is 46.9 Å². The molecule has 0 saturated heterocycles. The Labute approximate surface area is 99.8 Å². The predicted molar refractivity (Wildman–Crippen MR) is 65.6 cm³/mol. The molecule has 0 saturated carbocycles. The molecule has 16 heavy (non-hydrogen) atoms. The van der Waals surface area contributed by atoms with Crippen LogP contribution in [0.2, 0.25) is 0 Å². The van der Waals surface area contributed by atoms with E-state index in [1.807, 2.05) is 13.2 Å². The van der Waals surface area contributed by atoms with Crippen LogP contribution in [0.5, 0.6) is 0 Å². The van der Waals surface area contributed by atoms with Gasteiger partial charge in [0.15, 0.2) is 0 Å². The number of thioether (sulfide) groups is 1. The van der Waals surface area contributed by atoms with Crippen LogP contribution in [0.3, 0.4) is 0 Å². The van der Waals surface area contributed by atoms with Gasteiger partial charge in [0.1, 0.15) is 5.82 Å². The van der Waals surface area contributed by atoms with Crippen molar-refractivity contribution in [1.29, 1.82) is 0 Å². The van der Waals surface area contributed by atoms with Crippen molar-refractivity contribution in [1.82, 2.24) is 14.9 Å². The minimum absolute atomic E-state index is 0.137. The van der Waals surface area contributed by atoms with Gasteiger partial charge in [0.25, 0.3) is 0 Å². The molecule has 4 nitrogen and oxygen atoms in total. The second-order valence-corrected chi connectivity index (χ2v) is 5.05. The SMILES string of the molecule is CSCC(=O)N[C@H]1CCc2nc(C)cn2C1. The van der Waals surface area contributed by atoms with Crippen molar-refractivity contribution in [3.8, 4) is 0 Å². The van der Waals surface area contributed by atoms with Crippen LogP contribution in [0, 0.1) is 6.92 Å². The number of rotatable bonds is 3. The van der Waals surface area contributed by atoms with Crippen molar-refractivity contribution >= 4 is 17.7 Å². The fourth-order valence-corrected chi connectivity index (χ4v) is 2.45. The minimum atomic E-state index is 0.137. The number of aromatic nitrogens is 2. The Morgan fingerprint density at radius 2 is 2.56 bits per heavy atom. The molecule has 5 heteroatoms. The van der Waals surface area contributed by atoms with Crippen molar-refractivity contribution in [3.63, 3.8) is 0 Å². The van der Waals surface area contributed by atoms with Gasteiger partial charge in [-0.25, -0.2) is 4.98 Å². The molecule has 0 unspecified atom stereocenters. The second-order valence-electron chi connectivity index (χ2n) is 4.19. The van der Waals surface area contributed by atoms with E-state index < -0.39 is 0 Å². The number of fused-ring (bicyclic) bond motifs is 1. The fraction of sp³-hybridized carbons (Fsp3) is 0.636. The molecule has 0 spiro atoms. The molecule has 1 amide bonds. The van der Waals surface area contributed by atoms with Crippen molar-refractivity contribution < 1.29 is 4.79 Å². The summed E-state index contributed by atoms with van der Waals surface area (Å²) in [6.07, 6.45) is 5.95. The molecule has 2 heterocycles. The standard InChI is InChI=1S/C11H17N3OS/c1-8-5-14-6-9(3-4-10(14)12-8)13-11(15)7-16-2/h5,9H,3-4,6-7H2,1-2H3,(H,13,15)/t9-/m0/s1. The molecule has 0 fully saturated rings. The van der Waals surface area contributed by atoms with Gasteiger partial charge in [-0.1, -0.05) is 0 Å². The van der Waals surface area contributed by atoms with Crippen LogP contribution in [0.1, 0.15) is 17.9 Å². The summed E-state index contributed by atoms with van der Waals surface area (Å²) in [7, 11) is 0. The summed E-state index contributed by atoms with van der Waals surface area (Å²) in [5.41, 5.74) is 1.06. The van der Waals surface area contributed by atoms with Crippen molar-refractivity contribution in [3.05, 3.63) is 17.7 Å². The third kappa shape index (κ3) is 2.58. The summed E-state index contributed by atoms with van der Waals surface area (Å²) in [6.45, 7) is 2.86. The number of imidazole rings is 1. The summed E-state index contributed by atoms with van der Waals surface area (Å²) in [5, 5.41) is 3.06. The zero-order valence-electron chi connectivity index (χ0n) is 9.69. The van der Waals surface area contributed by atoms with Crippen LogP contribution < -0.4 is 5.32 Å². The Bertz CT molecular complexity index is 389. The third-order valence-electron chi connectivity index (χ3n) is 2.75. The molecule has 1 aromatic heterocycles. The number of aryl methyl sites for hydroxylation is 2. The van der Waals surface area contributed by atoms with Gasteiger partial charge in [0.05, 0.1) is 11.4 Å². The number of carbonyl (C=O) groups is 1. The predicted octanol–water partition coefficient (Wildman–Crippen LogP) is 0.986. The first-order chi connectivity index (χ1) is 7.69. The Morgan fingerprint density at radius 1 is 1.75 bits per heavy atom. The van der Waals surface area contributed by atoms with E-state index in [9.17, 15) is 4.79 Å². The monoisotopic (exact) mass is 239 g/mol. The number of hydrogen-bond acceptors (Lipinski definition) is 3. The van der Waals surface area contributed by atoms with Crippen molar-refractivity contribution in [2.24, 2.45) is 0 Å². The molecule has 88 valence electrons. The van der Waals surface area contributed by atoms with Gasteiger partial charge in [-0.05, 0) is 19.6 Å². The van der Waals surface area contributed by atoms with E-state index in [2.05, 4.69) is 21.1 Å². The number of amides is 1. The molecule has 0 aliphatic carbocycles. The highest BCUT2D eigenvalue weighted by molar-refractivity contribution is 7.99. The first-order valence-corrected chi connectivity index (χ1v) is 6.89. The van der Waals surface area contributed by atoms with E-state index in [1.54, 1.807) is 11.8 Å². The summed E-state index contributed by atoms with van der Waals surface area (Å²) < 4.78 is 2.16. The summed E-state index contributed by atoms with van der Waals surface area (Å²) in [6, 6.07) is 0.265. The van der Waals surface area contributed by atoms with Crippen molar-refractivity contribution in [2.45, 2.75) is 32.4 Å². The maximum absolute atomic E-state index is 11.5. The van der Waals surface area contributed by atoms with Crippen LogP contribution in [0.25, 0.3) is 0 Å². The number of nitrogens with zero attached hydrogens (tertiary/aromatic N) is 2. The Kier molecular flexibility index (Phi) is 3.53. The number of carbonyl (C=O) groups excluding carboxylic acids is 1. The molecule has 0 bridgehead atoms. The Balaban J connectivity index is 1.94. The van der Waals surface area contributed by atoms with Crippen LogP contribution in [-0.2, 0) is 17.8 Å².